The number of carbonyl (C=O) groups is 1. The molecule has 2 aromatic rings. The number of hydrogen-bond acceptors (Lipinski definition) is 3. The summed E-state index contributed by atoms with van der Waals surface area (Å²) in [4.78, 5) is 13.8. The Hall–Kier alpha value is -2.10. The summed E-state index contributed by atoms with van der Waals surface area (Å²) >= 11 is 0. The maximum absolute atomic E-state index is 12.1. The van der Waals surface area contributed by atoms with E-state index in [-0.39, 0.29) is 5.91 Å². The summed E-state index contributed by atoms with van der Waals surface area (Å²) in [6.07, 6.45) is 2.81. The van der Waals surface area contributed by atoms with Gasteiger partial charge in [0.25, 0.3) is 5.91 Å². The van der Waals surface area contributed by atoms with E-state index >= 15 is 0 Å². The Kier molecular flexibility index (Phi) is 3.55. The van der Waals surface area contributed by atoms with Crippen LogP contribution in [0.2, 0.25) is 0 Å². The van der Waals surface area contributed by atoms with Crippen molar-refractivity contribution in [1.82, 2.24) is 10.1 Å². The Morgan fingerprint density at radius 2 is 2.12 bits per heavy atom. The fraction of sp³-hybridized carbons (Fsp3) is 0.231. The Balaban J connectivity index is 2.10. The summed E-state index contributed by atoms with van der Waals surface area (Å²) in [5, 5.41) is 3.54. The third kappa shape index (κ3) is 2.72. The van der Waals surface area contributed by atoms with Gasteiger partial charge in [-0.15, -0.1) is 0 Å². The molecule has 0 bridgehead atoms. The molecule has 0 N–H and O–H groups in total. The number of carbonyl (C=O) groups excluding carboxylic acids is 1. The molecule has 1 amide bonds. The molecule has 0 atom stereocenters. The molecular formula is C13H14N2O2. The van der Waals surface area contributed by atoms with Crippen LogP contribution in [0.15, 0.2) is 47.3 Å². The highest BCUT2D eigenvalue weighted by Crippen LogP contribution is 2.09. The van der Waals surface area contributed by atoms with Crippen molar-refractivity contribution in [2.75, 3.05) is 6.54 Å². The lowest BCUT2D eigenvalue weighted by Crippen LogP contribution is -2.29. The summed E-state index contributed by atoms with van der Waals surface area (Å²) in [7, 11) is 0. The molecule has 0 fully saturated rings. The van der Waals surface area contributed by atoms with Gasteiger partial charge in [-0.3, -0.25) is 4.79 Å². The summed E-state index contributed by atoms with van der Waals surface area (Å²) in [5.41, 5.74) is 1.60. The van der Waals surface area contributed by atoms with E-state index in [2.05, 4.69) is 9.68 Å². The van der Waals surface area contributed by atoms with E-state index in [9.17, 15) is 4.79 Å². The highest BCUT2D eigenvalue weighted by atomic mass is 16.5. The van der Waals surface area contributed by atoms with Crippen molar-refractivity contribution in [3.05, 3.63) is 53.9 Å². The smallest absolute Gasteiger partial charge is 0.259 e. The monoisotopic (exact) mass is 230 g/mol. The van der Waals surface area contributed by atoms with Gasteiger partial charge in [0.2, 0.25) is 0 Å². The standard InChI is InChI=1S/C13H14N2O2/c1-2-15(9-11-6-4-3-5-7-11)13(16)12-8-14-17-10-12/h3-8,10H,2,9H2,1H3. The van der Waals surface area contributed by atoms with Crippen LogP contribution in [0, 0.1) is 0 Å². The van der Waals surface area contributed by atoms with Gasteiger partial charge in [-0.1, -0.05) is 35.5 Å². The van der Waals surface area contributed by atoms with Crippen LogP contribution in [0.25, 0.3) is 0 Å². The summed E-state index contributed by atoms with van der Waals surface area (Å²) in [6, 6.07) is 9.90. The van der Waals surface area contributed by atoms with Crippen LogP contribution in [-0.4, -0.2) is 22.5 Å². The molecule has 2 rings (SSSR count). The van der Waals surface area contributed by atoms with Gasteiger partial charge in [0.15, 0.2) is 0 Å². The van der Waals surface area contributed by atoms with Gasteiger partial charge in [0, 0.05) is 13.1 Å². The number of amides is 1. The second-order valence-corrected chi connectivity index (χ2v) is 3.72. The first kappa shape index (κ1) is 11.4. The van der Waals surface area contributed by atoms with Gasteiger partial charge in [0.1, 0.15) is 6.26 Å². The molecule has 0 spiro atoms. The number of benzene rings is 1. The second kappa shape index (κ2) is 5.30. The molecule has 1 heterocycles. The minimum absolute atomic E-state index is 0.0578. The van der Waals surface area contributed by atoms with Crippen LogP contribution in [-0.2, 0) is 6.54 Å². The molecule has 1 aromatic heterocycles. The van der Waals surface area contributed by atoms with Crippen molar-refractivity contribution in [1.29, 1.82) is 0 Å². The zero-order valence-corrected chi connectivity index (χ0v) is 9.67. The van der Waals surface area contributed by atoms with E-state index in [1.54, 1.807) is 4.90 Å². The first-order chi connectivity index (χ1) is 8.31. The first-order valence-electron chi connectivity index (χ1n) is 5.54. The van der Waals surface area contributed by atoms with E-state index in [1.165, 1.54) is 12.5 Å². The lowest BCUT2D eigenvalue weighted by molar-refractivity contribution is 0.0752. The van der Waals surface area contributed by atoms with Crippen LogP contribution in [0.4, 0.5) is 0 Å². The quantitative estimate of drug-likeness (QED) is 0.809. The normalized spacial score (nSPS) is 10.2. The fourth-order valence-corrected chi connectivity index (χ4v) is 1.62. The van der Waals surface area contributed by atoms with Gasteiger partial charge in [-0.2, -0.15) is 0 Å². The maximum Gasteiger partial charge on any atom is 0.259 e. The molecule has 0 radical (unpaired) electrons. The molecular weight excluding hydrogens is 216 g/mol. The Labute approximate surface area is 99.8 Å². The van der Waals surface area contributed by atoms with E-state index < -0.39 is 0 Å². The Morgan fingerprint density at radius 1 is 1.35 bits per heavy atom. The third-order valence-electron chi connectivity index (χ3n) is 2.56. The van der Waals surface area contributed by atoms with Gasteiger partial charge in [0.05, 0.1) is 11.8 Å². The molecule has 1 aromatic carbocycles. The zero-order valence-electron chi connectivity index (χ0n) is 9.67. The van der Waals surface area contributed by atoms with Gasteiger partial charge in [-0.05, 0) is 12.5 Å². The van der Waals surface area contributed by atoms with Crippen molar-refractivity contribution < 1.29 is 9.32 Å². The minimum Gasteiger partial charge on any atom is -0.364 e. The number of aromatic nitrogens is 1. The van der Waals surface area contributed by atoms with Crippen LogP contribution >= 0.6 is 0 Å². The molecule has 0 saturated carbocycles. The highest BCUT2D eigenvalue weighted by molar-refractivity contribution is 5.93. The third-order valence-corrected chi connectivity index (χ3v) is 2.56. The van der Waals surface area contributed by atoms with Crippen LogP contribution in [0.1, 0.15) is 22.8 Å². The van der Waals surface area contributed by atoms with Crippen molar-refractivity contribution in [3.63, 3.8) is 0 Å². The van der Waals surface area contributed by atoms with Crippen LogP contribution in [0.3, 0.4) is 0 Å². The zero-order chi connectivity index (χ0) is 12.1. The van der Waals surface area contributed by atoms with Gasteiger partial charge < -0.3 is 9.42 Å². The SMILES string of the molecule is CCN(Cc1ccccc1)C(=O)c1cnoc1. The largest absolute Gasteiger partial charge is 0.364 e. The molecule has 0 aliphatic rings. The predicted molar refractivity (Wildman–Crippen MR) is 63.4 cm³/mol. The maximum atomic E-state index is 12.1. The van der Waals surface area contributed by atoms with E-state index in [1.807, 2.05) is 37.3 Å². The van der Waals surface area contributed by atoms with Crippen molar-refractivity contribution in [3.8, 4) is 0 Å². The molecule has 17 heavy (non-hydrogen) atoms. The van der Waals surface area contributed by atoms with E-state index in [4.69, 9.17) is 0 Å². The predicted octanol–water partition coefficient (Wildman–Crippen LogP) is 2.34. The fourth-order valence-electron chi connectivity index (χ4n) is 1.62. The number of nitrogens with zero attached hydrogens (tertiary/aromatic N) is 2. The van der Waals surface area contributed by atoms with Crippen LogP contribution in [0.5, 0.6) is 0 Å². The number of hydrogen-bond donors (Lipinski definition) is 0. The lowest BCUT2D eigenvalue weighted by atomic mass is 10.2. The molecule has 0 saturated heterocycles. The molecule has 0 aliphatic carbocycles. The molecule has 4 nitrogen and oxygen atoms in total. The Morgan fingerprint density at radius 3 is 2.71 bits per heavy atom. The molecule has 0 aliphatic heterocycles. The van der Waals surface area contributed by atoms with Crippen molar-refractivity contribution in [2.45, 2.75) is 13.5 Å². The summed E-state index contributed by atoms with van der Waals surface area (Å²) in [6.45, 7) is 3.20. The van der Waals surface area contributed by atoms with Crippen LogP contribution < -0.4 is 0 Å². The number of rotatable bonds is 4. The van der Waals surface area contributed by atoms with Gasteiger partial charge in [-0.25, -0.2) is 0 Å². The van der Waals surface area contributed by atoms with E-state index in [0.29, 0.717) is 18.7 Å². The summed E-state index contributed by atoms with van der Waals surface area (Å²) < 4.78 is 4.68. The minimum atomic E-state index is -0.0578. The lowest BCUT2D eigenvalue weighted by Gasteiger charge is -2.19. The van der Waals surface area contributed by atoms with Crippen molar-refractivity contribution >= 4 is 5.91 Å². The van der Waals surface area contributed by atoms with Gasteiger partial charge >= 0.3 is 0 Å². The molecule has 0 unspecified atom stereocenters. The second-order valence-electron chi connectivity index (χ2n) is 3.72. The highest BCUT2D eigenvalue weighted by Gasteiger charge is 2.15. The van der Waals surface area contributed by atoms with Crippen molar-refractivity contribution in [2.24, 2.45) is 0 Å². The molecule has 4 heteroatoms. The average molecular weight is 230 g/mol. The Bertz CT molecular complexity index is 465. The van der Waals surface area contributed by atoms with E-state index in [0.717, 1.165) is 5.56 Å². The molecule has 88 valence electrons. The topological polar surface area (TPSA) is 46.3 Å². The first-order valence-corrected chi connectivity index (χ1v) is 5.54. The average Bonchev–Trinajstić information content (AvgIpc) is 2.90. The summed E-state index contributed by atoms with van der Waals surface area (Å²) in [5.74, 6) is -0.0578.